The monoisotopic (exact) mass is 249 g/mol. The summed E-state index contributed by atoms with van der Waals surface area (Å²) in [6, 6.07) is 5.76. The van der Waals surface area contributed by atoms with E-state index in [1.165, 1.54) is 6.42 Å². The van der Waals surface area contributed by atoms with E-state index in [4.69, 9.17) is 0 Å². The summed E-state index contributed by atoms with van der Waals surface area (Å²) in [5.41, 5.74) is 1.25. The Hall–Kier alpha value is -1.06. The van der Waals surface area contributed by atoms with Gasteiger partial charge in [0.2, 0.25) is 0 Å². The van der Waals surface area contributed by atoms with Crippen molar-refractivity contribution in [3.05, 3.63) is 29.3 Å². The van der Waals surface area contributed by atoms with Crippen LogP contribution in [0.2, 0.25) is 0 Å². The summed E-state index contributed by atoms with van der Waals surface area (Å²) in [5.74, 6) is 0.362. The SMILES string of the molecule is Cc1cccc(CNCC2(O)CCCCC2)c1O. The first-order chi connectivity index (χ1) is 8.61. The number of nitrogens with one attached hydrogen (secondary N) is 1. The Balaban J connectivity index is 1.86. The summed E-state index contributed by atoms with van der Waals surface area (Å²) in [6.07, 6.45) is 5.25. The van der Waals surface area contributed by atoms with Crippen LogP contribution in [0.3, 0.4) is 0 Å². The summed E-state index contributed by atoms with van der Waals surface area (Å²) in [6.45, 7) is 3.11. The van der Waals surface area contributed by atoms with Gasteiger partial charge in [-0.05, 0) is 25.3 Å². The van der Waals surface area contributed by atoms with Crippen LogP contribution in [0.1, 0.15) is 43.2 Å². The largest absolute Gasteiger partial charge is 0.507 e. The smallest absolute Gasteiger partial charge is 0.122 e. The summed E-state index contributed by atoms with van der Waals surface area (Å²) in [4.78, 5) is 0. The highest BCUT2D eigenvalue weighted by molar-refractivity contribution is 5.39. The van der Waals surface area contributed by atoms with Gasteiger partial charge in [-0.15, -0.1) is 0 Å². The van der Waals surface area contributed by atoms with Gasteiger partial charge in [-0.3, -0.25) is 0 Å². The normalized spacial score (nSPS) is 18.8. The number of aromatic hydroxyl groups is 1. The molecule has 1 aromatic rings. The van der Waals surface area contributed by atoms with Gasteiger partial charge in [0.05, 0.1) is 5.60 Å². The van der Waals surface area contributed by atoms with Gasteiger partial charge in [0.25, 0.3) is 0 Å². The molecule has 100 valence electrons. The number of hydrogen-bond donors (Lipinski definition) is 3. The molecular formula is C15H23NO2. The number of para-hydroxylation sites is 1. The number of benzene rings is 1. The van der Waals surface area contributed by atoms with Crippen molar-refractivity contribution in [2.24, 2.45) is 0 Å². The van der Waals surface area contributed by atoms with Crippen molar-refractivity contribution < 1.29 is 10.2 Å². The summed E-state index contributed by atoms with van der Waals surface area (Å²) in [7, 11) is 0. The lowest BCUT2D eigenvalue weighted by Crippen LogP contribution is -2.41. The predicted octanol–water partition coefficient (Wildman–Crippen LogP) is 2.49. The van der Waals surface area contributed by atoms with Crippen molar-refractivity contribution in [3.8, 4) is 5.75 Å². The predicted molar refractivity (Wildman–Crippen MR) is 72.6 cm³/mol. The lowest BCUT2D eigenvalue weighted by atomic mass is 9.85. The standard InChI is InChI=1S/C15H23NO2/c1-12-6-5-7-13(14(12)17)10-16-11-15(18)8-3-2-4-9-15/h5-7,16-18H,2-4,8-11H2,1H3. The zero-order valence-corrected chi connectivity index (χ0v) is 11.1. The van der Waals surface area contributed by atoms with Crippen molar-refractivity contribution in [1.82, 2.24) is 5.32 Å². The third-order valence-electron chi connectivity index (χ3n) is 3.88. The molecule has 3 N–H and O–H groups in total. The molecule has 0 amide bonds. The number of aliphatic hydroxyl groups is 1. The van der Waals surface area contributed by atoms with Crippen molar-refractivity contribution in [3.63, 3.8) is 0 Å². The Kier molecular flexibility index (Phi) is 4.25. The Labute approximate surface area is 109 Å². The average molecular weight is 249 g/mol. The molecule has 1 fully saturated rings. The minimum Gasteiger partial charge on any atom is -0.507 e. The van der Waals surface area contributed by atoms with Gasteiger partial charge in [-0.25, -0.2) is 0 Å². The fraction of sp³-hybridized carbons (Fsp3) is 0.600. The van der Waals surface area contributed by atoms with E-state index >= 15 is 0 Å². The lowest BCUT2D eigenvalue weighted by molar-refractivity contribution is 0.00463. The molecule has 2 rings (SSSR count). The number of aryl methyl sites for hydroxylation is 1. The van der Waals surface area contributed by atoms with Gasteiger partial charge in [-0.2, -0.15) is 0 Å². The van der Waals surface area contributed by atoms with Crippen LogP contribution < -0.4 is 5.32 Å². The maximum absolute atomic E-state index is 10.3. The maximum atomic E-state index is 10.3. The fourth-order valence-electron chi connectivity index (χ4n) is 2.68. The second-order valence-electron chi connectivity index (χ2n) is 5.47. The van der Waals surface area contributed by atoms with Crippen LogP contribution >= 0.6 is 0 Å². The molecule has 0 aliphatic heterocycles. The Morgan fingerprint density at radius 3 is 2.67 bits per heavy atom. The van der Waals surface area contributed by atoms with E-state index in [0.717, 1.165) is 36.8 Å². The molecule has 0 unspecified atom stereocenters. The minimum atomic E-state index is -0.544. The van der Waals surface area contributed by atoms with Gasteiger partial charge in [0.1, 0.15) is 5.75 Å². The van der Waals surface area contributed by atoms with Crippen LogP contribution in [-0.4, -0.2) is 22.4 Å². The topological polar surface area (TPSA) is 52.5 Å². The number of phenols is 1. The van der Waals surface area contributed by atoms with Crippen molar-refractivity contribution in [2.75, 3.05) is 6.54 Å². The molecule has 1 aromatic carbocycles. The molecule has 0 radical (unpaired) electrons. The maximum Gasteiger partial charge on any atom is 0.122 e. The van der Waals surface area contributed by atoms with E-state index in [-0.39, 0.29) is 0 Å². The molecule has 18 heavy (non-hydrogen) atoms. The molecule has 0 bridgehead atoms. The van der Waals surface area contributed by atoms with Crippen LogP contribution in [0.4, 0.5) is 0 Å². The zero-order chi connectivity index (χ0) is 13.0. The first kappa shape index (κ1) is 13.4. The third kappa shape index (κ3) is 3.24. The lowest BCUT2D eigenvalue weighted by Gasteiger charge is -2.32. The molecule has 1 aliphatic rings. The molecule has 1 aliphatic carbocycles. The highest BCUT2D eigenvalue weighted by atomic mass is 16.3. The van der Waals surface area contributed by atoms with Gasteiger partial charge >= 0.3 is 0 Å². The van der Waals surface area contributed by atoms with Crippen molar-refractivity contribution >= 4 is 0 Å². The van der Waals surface area contributed by atoms with Gasteiger partial charge in [0.15, 0.2) is 0 Å². The van der Waals surface area contributed by atoms with Crippen LogP contribution in [0.5, 0.6) is 5.75 Å². The minimum absolute atomic E-state index is 0.362. The van der Waals surface area contributed by atoms with Crippen LogP contribution in [0, 0.1) is 6.92 Å². The number of rotatable bonds is 4. The van der Waals surface area contributed by atoms with E-state index in [2.05, 4.69) is 5.32 Å². The second kappa shape index (κ2) is 5.72. The average Bonchev–Trinajstić information content (AvgIpc) is 2.35. The summed E-state index contributed by atoms with van der Waals surface area (Å²) < 4.78 is 0. The van der Waals surface area contributed by atoms with Gasteiger partial charge in [0, 0.05) is 18.7 Å². The quantitative estimate of drug-likeness (QED) is 0.768. The van der Waals surface area contributed by atoms with Crippen molar-refractivity contribution in [2.45, 2.75) is 51.2 Å². The third-order valence-corrected chi connectivity index (χ3v) is 3.88. The molecule has 0 aromatic heterocycles. The fourth-order valence-corrected chi connectivity index (χ4v) is 2.68. The van der Waals surface area contributed by atoms with Crippen LogP contribution in [0.25, 0.3) is 0 Å². The molecule has 0 saturated heterocycles. The molecule has 3 heteroatoms. The summed E-state index contributed by atoms with van der Waals surface area (Å²) >= 11 is 0. The Morgan fingerprint density at radius 1 is 1.22 bits per heavy atom. The molecule has 0 heterocycles. The highest BCUT2D eigenvalue weighted by Crippen LogP contribution is 2.27. The molecule has 1 saturated carbocycles. The molecular weight excluding hydrogens is 226 g/mol. The Morgan fingerprint density at radius 2 is 1.94 bits per heavy atom. The molecule has 0 spiro atoms. The molecule has 0 atom stereocenters. The van der Waals surface area contributed by atoms with E-state index in [1.54, 1.807) is 0 Å². The van der Waals surface area contributed by atoms with E-state index in [0.29, 0.717) is 18.8 Å². The van der Waals surface area contributed by atoms with Crippen LogP contribution in [-0.2, 0) is 6.54 Å². The van der Waals surface area contributed by atoms with E-state index < -0.39 is 5.60 Å². The van der Waals surface area contributed by atoms with Gasteiger partial charge < -0.3 is 15.5 Å². The number of hydrogen-bond acceptors (Lipinski definition) is 3. The van der Waals surface area contributed by atoms with E-state index in [1.807, 2.05) is 25.1 Å². The van der Waals surface area contributed by atoms with E-state index in [9.17, 15) is 10.2 Å². The first-order valence-electron chi connectivity index (χ1n) is 6.81. The first-order valence-corrected chi connectivity index (χ1v) is 6.81. The highest BCUT2D eigenvalue weighted by Gasteiger charge is 2.28. The zero-order valence-electron chi connectivity index (χ0n) is 11.1. The number of phenolic OH excluding ortho intramolecular Hbond substituents is 1. The second-order valence-corrected chi connectivity index (χ2v) is 5.47. The van der Waals surface area contributed by atoms with Crippen molar-refractivity contribution in [1.29, 1.82) is 0 Å². The molecule has 3 nitrogen and oxygen atoms in total. The Bertz CT molecular complexity index is 397. The summed E-state index contributed by atoms with van der Waals surface area (Å²) in [5, 5.41) is 23.5. The van der Waals surface area contributed by atoms with Crippen LogP contribution in [0.15, 0.2) is 18.2 Å². The van der Waals surface area contributed by atoms with Gasteiger partial charge in [-0.1, -0.05) is 37.5 Å².